The molecule has 18 heavy (non-hydrogen) atoms. The number of nitrogens with two attached hydrogens (primary N) is 1. The Balaban J connectivity index is 2.15. The molecule has 5 heteroatoms. The van der Waals surface area contributed by atoms with Crippen molar-refractivity contribution in [1.29, 1.82) is 0 Å². The Bertz CT molecular complexity index is 578. The lowest BCUT2D eigenvalue weighted by Gasteiger charge is -2.22. The Morgan fingerprint density at radius 1 is 1.28 bits per heavy atom. The van der Waals surface area contributed by atoms with Gasteiger partial charge in [-0.1, -0.05) is 12.1 Å². The fourth-order valence-electron chi connectivity index (χ4n) is 2.17. The summed E-state index contributed by atoms with van der Waals surface area (Å²) in [5, 5.41) is 3.71. The van der Waals surface area contributed by atoms with E-state index in [2.05, 4.69) is 12.1 Å². The molecule has 0 fully saturated rings. The van der Waals surface area contributed by atoms with Gasteiger partial charge in [-0.25, -0.2) is 0 Å². The molecule has 1 aliphatic heterocycles. The molecule has 0 saturated carbocycles. The second-order valence-electron chi connectivity index (χ2n) is 4.09. The first-order valence-electron chi connectivity index (χ1n) is 5.93. The molecule has 0 spiro atoms. The average Bonchev–Trinajstić information content (AvgIpc) is 2.84. The summed E-state index contributed by atoms with van der Waals surface area (Å²) < 4.78 is 16.5. The molecular formula is C13H14N2O3. The van der Waals surface area contributed by atoms with Gasteiger partial charge in [0.1, 0.15) is 13.2 Å². The monoisotopic (exact) mass is 246 g/mol. The van der Waals surface area contributed by atoms with Crippen molar-refractivity contribution in [3.8, 4) is 22.8 Å². The van der Waals surface area contributed by atoms with Crippen molar-refractivity contribution >= 4 is 5.82 Å². The molecule has 1 aromatic heterocycles. The van der Waals surface area contributed by atoms with Crippen molar-refractivity contribution in [2.75, 3.05) is 18.9 Å². The number of rotatable bonds is 2. The lowest BCUT2D eigenvalue weighted by molar-refractivity contribution is 0.170. The summed E-state index contributed by atoms with van der Waals surface area (Å²) in [7, 11) is 0. The number of benzene rings is 1. The van der Waals surface area contributed by atoms with Crippen LogP contribution in [0.5, 0.6) is 11.5 Å². The van der Waals surface area contributed by atoms with Crippen molar-refractivity contribution in [3.63, 3.8) is 0 Å². The molecule has 0 radical (unpaired) electrons. The molecule has 1 aromatic carbocycles. The van der Waals surface area contributed by atoms with Gasteiger partial charge < -0.3 is 19.7 Å². The fourth-order valence-corrected chi connectivity index (χ4v) is 2.17. The van der Waals surface area contributed by atoms with Crippen LogP contribution in [0.3, 0.4) is 0 Å². The molecule has 0 aliphatic carbocycles. The van der Waals surface area contributed by atoms with Crippen LogP contribution in [0.1, 0.15) is 12.5 Å². The maximum absolute atomic E-state index is 5.70. The van der Waals surface area contributed by atoms with Gasteiger partial charge in [-0.15, -0.1) is 0 Å². The first-order valence-corrected chi connectivity index (χ1v) is 5.93. The van der Waals surface area contributed by atoms with E-state index in [4.69, 9.17) is 19.7 Å². The third-order valence-corrected chi connectivity index (χ3v) is 2.96. The van der Waals surface area contributed by atoms with E-state index in [-0.39, 0.29) is 0 Å². The van der Waals surface area contributed by atoms with Gasteiger partial charge in [0.05, 0.1) is 0 Å². The lowest BCUT2D eigenvalue weighted by Crippen LogP contribution is -2.16. The van der Waals surface area contributed by atoms with Crippen LogP contribution >= 0.6 is 0 Å². The van der Waals surface area contributed by atoms with Crippen LogP contribution in [0.25, 0.3) is 11.3 Å². The maximum Gasteiger partial charge on any atom is 0.169 e. The highest BCUT2D eigenvalue weighted by atomic mass is 16.6. The zero-order chi connectivity index (χ0) is 12.5. The van der Waals surface area contributed by atoms with E-state index in [1.807, 2.05) is 12.1 Å². The molecule has 0 atom stereocenters. The average molecular weight is 246 g/mol. The van der Waals surface area contributed by atoms with Crippen molar-refractivity contribution in [2.24, 2.45) is 0 Å². The van der Waals surface area contributed by atoms with Crippen LogP contribution in [0.2, 0.25) is 0 Å². The summed E-state index contributed by atoms with van der Waals surface area (Å²) in [4.78, 5) is 0. The Hall–Kier alpha value is -2.17. The van der Waals surface area contributed by atoms with E-state index in [0.29, 0.717) is 24.8 Å². The van der Waals surface area contributed by atoms with E-state index in [1.165, 1.54) is 0 Å². The quantitative estimate of drug-likeness (QED) is 0.880. The molecule has 2 heterocycles. The van der Waals surface area contributed by atoms with E-state index in [9.17, 15) is 0 Å². The first kappa shape index (κ1) is 11.0. The maximum atomic E-state index is 5.70. The van der Waals surface area contributed by atoms with Crippen molar-refractivity contribution in [3.05, 3.63) is 23.8 Å². The molecular weight excluding hydrogens is 232 g/mol. The highest BCUT2D eigenvalue weighted by Crippen LogP contribution is 2.40. The number of aromatic nitrogens is 1. The lowest BCUT2D eigenvalue weighted by atomic mass is 10.0. The molecule has 2 aromatic rings. The molecule has 0 unspecified atom stereocenters. The van der Waals surface area contributed by atoms with Gasteiger partial charge in [-0.2, -0.15) is 0 Å². The summed E-state index contributed by atoms with van der Waals surface area (Å²) in [6, 6.07) is 5.55. The predicted molar refractivity (Wildman–Crippen MR) is 66.7 cm³/mol. The molecule has 1 aliphatic rings. The van der Waals surface area contributed by atoms with E-state index in [0.717, 1.165) is 29.0 Å². The Morgan fingerprint density at radius 3 is 2.83 bits per heavy atom. The number of nitrogen functional groups attached to an aromatic ring is 1. The van der Waals surface area contributed by atoms with Gasteiger partial charge in [0.25, 0.3) is 0 Å². The number of anilines is 1. The predicted octanol–water partition coefficient (Wildman–Crippen LogP) is 2.26. The minimum Gasteiger partial charge on any atom is -0.486 e. The summed E-state index contributed by atoms with van der Waals surface area (Å²) in [5.74, 6) is 2.62. The molecule has 0 amide bonds. The van der Waals surface area contributed by atoms with Crippen LogP contribution in [-0.2, 0) is 6.42 Å². The topological polar surface area (TPSA) is 70.5 Å². The van der Waals surface area contributed by atoms with Gasteiger partial charge in [0, 0.05) is 17.2 Å². The van der Waals surface area contributed by atoms with Gasteiger partial charge in [-0.3, -0.25) is 0 Å². The third kappa shape index (κ3) is 1.68. The fraction of sp³-hybridized carbons (Fsp3) is 0.308. The third-order valence-electron chi connectivity index (χ3n) is 2.96. The summed E-state index contributed by atoms with van der Waals surface area (Å²) >= 11 is 0. The molecule has 2 N–H and O–H groups in total. The minimum absolute atomic E-state index is 0.377. The summed E-state index contributed by atoms with van der Waals surface area (Å²) in [6.45, 7) is 3.23. The molecule has 0 saturated heterocycles. The molecule has 5 nitrogen and oxygen atoms in total. The molecule has 94 valence electrons. The number of fused-ring (bicyclic) bond motifs is 1. The number of ether oxygens (including phenoxy) is 2. The van der Waals surface area contributed by atoms with Gasteiger partial charge in [0.15, 0.2) is 23.1 Å². The van der Waals surface area contributed by atoms with Crippen molar-refractivity contribution in [2.45, 2.75) is 13.3 Å². The van der Waals surface area contributed by atoms with Crippen molar-refractivity contribution < 1.29 is 14.0 Å². The van der Waals surface area contributed by atoms with Gasteiger partial charge in [-0.05, 0) is 18.6 Å². The Labute approximate surface area is 104 Å². The highest BCUT2D eigenvalue weighted by molar-refractivity contribution is 5.70. The number of nitrogens with zero attached hydrogens (tertiary/aromatic N) is 1. The second kappa shape index (κ2) is 4.25. The van der Waals surface area contributed by atoms with E-state index in [1.54, 1.807) is 6.07 Å². The standard InChI is InChI=1S/C13H14N2O3/c1-2-8-9(11-7-12(14)15-18-11)3-4-10-13(8)17-6-5-16-10/h3-4,7H,2,5-6H2,1H3,(H2,14,15). The van der Waals surface area contributed by atoms with E-state index >= 15 is 0 Å². The number of hydrogen-bond acceptors (Lipinski definition) is 5. The van der Waals surface area contributed by atoms with E-state index < -0.39 is 0 Å². The minimum atomic E-state index is 0.377. The summed E-state index contributed by atoms with van der Waals surface area (Å²) in [5.41, 5.74) is 7.59. The highest BCUT2D eigenvalue weighted by Gasteiger charge is 2.20. The molecule has 0 bridgehead atoms. The smallest absolute Gasteiger partial charge is 0.169 e. The van der Waals surface area contributed by atoms with Crippen molar-refractivity contribution in [1.82, 2.24) is 5.16 Å². The van der Waals surface area contributed by atoms with Crippen LogP contribution in [0, 0.1) is 0 Å². The first-order chi connectivity index (χ1) is 8.79. The van der Waals surface area contributed by atoms with Gasteiger partial charge >= 0.3 is 0 Å². The van der Waals surface area contributed by atoms with Crippen LogP contribution in [-0.4, -0.2) is 18.4 Å². The zero-order valence-electron chi connectivity index (χ0n) is 10.1. The SMILES string of the molecule is CCc1c(-c2cc(N)no2)ccc2c1OCCO2. The second-order valence-corrected chi connectivity index (χ2v) is 4.09. The number of hydrogen-bond donors (Lipinski definition) is 1. The zero-order valence-corrected chi connectivity index (χ0v) is 10.1. The molecule has 3 rings (SSSR count). The normalized spacial score (nSPS) is 13.6. The summed E-state index contributed by atoms with van der Waals surface area (Å²) in [6.07, 6.45) is 0.822. The Morgan fingerprint density at radius 2 is 2.11 bits per heavy atom. The van der Waals surface area contributed by atoms with Crippen LogP contribution in [0.4, 0.5) is 5.82 Å². The van der Waals surface area contributed by atoms with Crippen LogP contribution < -0.4 is 15.2 Å². The van der Waals surface area contributed by atoms with Crippen LogP contribution in [0.15, 0.2) is 22.7 Å². The largest absolute Gasteiger partial charge is 0.486 e. The van der Waals surface area contributed by atoms with Gasteiger partial charge in [0.2, 0.25) is 0 Å². The Kier molecular flexibility index (Phi) is 2.59.